The van der Waals surface area contributed by atoms with Gasteiger partial charge in [-0.05, 0) is 24.3 Å². The fourth-order valence-corrected chi connectivity index (χ4v) is 3.66. The van der Waals surface area contributed by atoms with Crippen molar-refractivity contribution >= 4 is 35.4 Å². The lowest BCUT2D eigenvalue weighted by atomic mass is 9.99. The highest BCUT2D eigenvalue weighted by Crippen LogP contribution is 2.29. The summed E-state index contributed by atoms with van der Waals surface area (Å²) in [5, 5.41) is 11.7. The monoisotopic (exact) mass is 337 g/mol. The van der Waals surface area contributed by atoms with Crippen molar-refractivity contribution in [3.63, 3.8) is 0 Å². The summed E-state index contributed by atoms with van der Waals surface area (Å²) in [6, 6.07) is 2.79. The van der Waals surface area contributed by atoms with Crippen LogP contribution >= 0.6 is 23.5 Å². The number of carboxylic acid groups (broad SMARTS) is 1. The standard InChI is InChI=1S/C12H13F2NO4S2/c13-11(14)21-5-7-1-2-8(19-7)9(16)15-12(10(17)18)3-4-20-6-12/h1-2,11H,3-6H2,(H,15,16)(H,17,18). The normalized spacial score (nSPS) is 21.7. The van der Waals surface area contributed by atoms with Gasteiger partial charge >= 0.3 is 5.97 Å². The molecule has 0 aromatic carbocycles. The van der Waals surface area contributed by atoms with Crippen LogP contribution in [0, 0.1) is 0 Å². The van der Waals surface area contributed by atoms with Gasteiger partial charge in [-0.1, -0.05) is 11.8 Å². The summed E-state index contributed by atoms with van der Waals surface area (Å²) in [6.07, 6.45) is 0.341. The van der Waals surface area contributed by atoms with E-state index in [1.807, 2.05) is 0 Å². The molecule has 0 spiro atoms. The number of hydrogen-bond acceptors (Lipinski definition) is 5. The SMILES string of the molecule is O=C(NC1(C(=O)O)CCSC1)c1ccc(CSC(F)F)o1. The first-order valence-corrected chi connectivity index (χ1v) is 8.25. The molecule has 2 heterocycles. The molecule has 1 aliphatic rings. The number of carbonyl (C=O) groups is 2. The number of carboxylic acids is 1. The van der Waals surface area contributed by atoms with Crippen LogP contribution in [0.1, 0.15) is 22.7 Å². The molecule has 1 saturated heterocycles. The number of rotatable bonds is 6. The van der Waals surface area contributed by atoms with Crippen molar-refractivity contribution in [2.75, 3.05) is 11.5 Å². The van der Waals surface area contributed by atoms with Crippen molar-refractivity contribution in [3.05, 3.63) is 23.7 Å². The van der Waals surface area contributed by atoms with Crippen LogP contribution in [0.25, 0.3) is 0 Å². The van der Waals surface area contributed by atoms with Gasteiger partial charge in [-0.3, -0.25) is 4.79 Å². The Morgan fingerprint density at radius 3 is 2.86 bits per heavy atom. The lowest BCUT2D eigenvalue weighted by Gasteiger charge is -2.23. The van der Waals surface area contributed by atoms with E-state index in [1.54, 1.807) is 0 Å². The van der Waals surface area contributed by atoms with E-state index in [0.29, 0.717) is 29.7 Å². The van der Waals surface area contributed by atoms with E-state index in [1.165, 1.54) is 23.9 Å². The van der Waals surface area contributed by atoms with Crippen LogP contribution in [0.15, 0.2) is 16.5 Å². The molecule has 0 saturated carbocycles. The maximum Gasteiger partial charge on any atom is 0.330 e. The van der Waals surface area contributed by atoms with Crippen molar-refractivity contribution in [3.8, 4) is 0 Å². The minimum Gasteiger partial charge on any atom is -0.479 e. The van der Waals surface area contributed by atoms with E-state index in [-0.39, 0.29) is 17.3 Å². The molecule has 1 aromatic rings. The second-order valence-electron chi connectivity index (χ2n) is 4.48. The zero-order chi connectivity index (χ0) is 15.5. The minimum atomic E-state index is -2.52. The molecule has 0 aliphatic carbocycles. The zero-order valence-electron chi connectivity index (χ0n) is 10.8. The number of aliphatic carboxylic acids is 1. The largest absolute Gasteiger partial charge is 0.479 e. The number of hydrogen-bond donors (Lipinski definition) is 2. The third-order valence-corrected chi connectivity index (χ3v) is 4.91. The van der Waals surface area contributed by atoms with Gasteiger partial charge in [0.25, 0.3) is 11.7 Å². The molecule has 0 bridgehead atoms. The Morgan fingerprint density at radius 1 is 1.52 bits per heavy atom. The number of furan rings is 1. The van der Waals surface area contributed by atoms with Crippen LogP contribution in [0.2, 0.25) is 0 Å². The van der Waals surface area contributed by atoms with Gasteiger partial charge < -0.3 is 14.8 Å². The summed E-state index contributed by atoms with van der Waals surface area (Å²) in [5.74, 6) is -3.17. The van der Waals surface area contributed by atoms with E-state index >= 15 is 0 Å². The Morgan fingerprint density at radius 2 is 2.29 bits per heavy atom. The molecule has 5 nitrogen and oxygen atoms in total. The molecule has 116 valence electrons. The molecule has 1 atom stereocenters. The van der Waals surface area contributed by atoms with E-state index in [2.05, 4.69) is 5.32 Å². The molecule has 2 rings (SSSR count). The predicted molar refractivity (Wildman–Crippen MR) is 75.8 cm³/mol. The number of amides is 1. The Kier molecular flexibility index (Phi) is 5.15. The summed E-state index contributed by atoms with van der Waals surface area (Å²) < 4.78 is 29.3. The van der Waals surface area contributed by atoms with E-state index in [9.17, 15) is 23.5 Å². The van der Waals surface area contributed by atoms with Gasteiger partial charge in [0.1, 0.15) is 11.3 Å². The van der Waals surface area contributed by atoms with Crippen molar-refractivity contribution in [1.29, 1.82) is 0 Å². The predicted octanol–water partition coefficient (Wildman–Crippen LogP) is 2.43. The molecule has 1 unspecified atom stereocenters. The molecule has 9 heteroatoms. The van der Waals surface area contributed by atoms with Gasteiger partial charge in [0, 0.05) is 5.75 Å². The van der Waals surface area contributed by atoms with Gasteiger partial charge in [0.05, 0.1) is 5.75 Å². The van der Waals surface area contributed by atoms with Gasteiger partial charge in [-0.25, -0.2) is 4.79 Å². The summed E-state index contributed by atoms with van der Waals surface area (Å²) in [6.45, 7) is 0. The summed E-state index contributed by atoms with van der Waals surface area (Å²) in [7, 11) is 0. The molecular weight excluding hydrogens is 324 g/mol. The van der Waals surface area contributed by atoms with Crippen LogP contribution in [-0.2, 0) is 10.5 Å². The zero-order valence-corrected chi connectivity index (χ0v) is 12.4. The fourth-order valence-electron chi connectivity index (χ4n) is 1.89. The number of alkyl halides is 2. The van der Waals surface area contributed by atoms with Gasteiger partial charge in [0.15, 0.2) is 5.76 Å². The number of thioether (sulfide) groups is 2. The lowest BCUT2D eigenvalue weighted by molar-refractivity contribution is -0.143. The Bertz CT molecular complexity index is 529. The van der Waals surface area contributed by atoms with Crippen molar-refractivity contribution < 1.29 is 27.9 Å². The van der Waals surface area contributed by atoms with E-state index < -0.39 is 23.2 Å². The average Bonchev–Trinajstić information content (AvgIpc) is 3.05. The van der Waals surface area contributed by atoms with Crippen LogP contribution in [0.5, 0.6) is 0 Å². The Hall–Kier alpha value is -1.22. The molecule has 0 radical (unpaired) electrons. The first-order chi connectivity index (χ1) is 9.93. The highest BCUT2D eigenvalue weighted by molar-refractivity contribution is 7.99. The Balaban J connectivity index is 2.01. The summed E-state index contributed by atoms with van der Waals surface area (Å²) in [5.41, 5.74) is -1.29. The first-order valence-electron chi connectivity index (χ1n) is 6.05. The van der Waals surface area contributed by atoms with E-state index in [4.69, 9.17) is 4.42 Å². The minimum absolute atomic E-state index is 0.0507. The van der Waals surface area contributed by atoms with Gasteiger partial charge in [-0.15, -0.1) is 0 Å². The summed E-state index contributed by atoms with van der Waals surface area (Å²) >= 11 is 1.84. The average molecular weight is 337 g/mol. The van der Waals surface area contributed by atoms with Crippen molar-refractivity contribution in [2.24, 2.45) is 0 Å². The Labute approximate surface area is 127 Å². The molecule has 2 N–H and O–H groups in total. The third kappa shape index (κ3) is 3.91. The third-order valence-electron chi connectivity index (χ3n) is 3.02. The maximum absolute atomic E-state index is 12.1. The number of carbonyl (C=O) groups excluding carboxylic acids is 1. The quantitative estimate of drug-likeness (QED) is 0.830. The molecular formula is C12H13F2NO4S2. The smallest absolute Gasteiger partial charge is 0.330 e. The second kappa shape index (κ2) is 6.69. The molecule has 1 aliphatic heterocycles. The van der Waals surface area contributed by atoms with E-state index in [0.717, 1.165) is 0 Å². The second-order valence-corrected chi connectivity index (χ2v) is 6.57. The first kappa shape index (κ1) is 16.2. The highest BCUT2D eigenvalue weighted by atomic mass is 32.2. The van der Waals surface area contributed by atoms with Crippen molar-refractivity contribution in [1.82, 2.24) is 5.32 Å². The molecule has 1 amide bonds. The highest BCUT2D eigenvalue weighted by Gasteiger charge is 2.43. The van der Waals surface area contributed by atoms with Crippen molar-refractivity contribution in [2.45, 2.75) is 23.5 Å². The van der Waals surface area contributed by atoms with Gasteiger partial charge in [0.2, 0.25) is 0 Å². The van der Waals surface area contributed by atoms with Gasteiger partial charge in [-0.2, -0.15) is 20.5 Å². The fraction of sp³-hybridized carbons (Fsp3) is 0.500. The lowest BCUT2D eigenvalue weighted by Crippen LogP contribution is -2.54. The topological polar surface area (TPSA) is 79.5 Å². The van der Waals surface area contributed by atoms with Crippen LogP contribution < -0.4 is 5.32 Å². The molecule has 21 heavy (non-hydrogen) atoms. The summed E-state index contributed by atoms with van der Waals surface area (Å²) in [4.78, 5) is 23.4. The van der Waals surface area contributed by atoms with Crippen LogP contribution in [0.4, 0.5) is 8.78 Å². The van der Waals surface area contributed by atoms with Crippen LogP contribution in [-0.4, -0.2) is 39.8 Å². The van der Waals surface area contributed by atoms with Crippen LogP contribution in [0.3, 0.4) is 0 Å². The maximum atomic E-state index is 12.1. The molecule has 1 fully saturated rings. The number of nitrogens with one attached hydrogen (secondary N) is 1. The number of halogens is 2. The molecule has 1 aromatic heterocycles.